The minimum atomic E-state index is 0.417. The number of nitrogens with two attached hydrogens (primary N) is 1. The normalized spacial score (nSPS) is 12.7. The summed E-state index contributed by atoms with van der Waals surface area (Å²) < 4.78 is 1.18. The molecular formula is C17H31BrN2S. The van der Waals surface area contributed by atoms with Crippen molar-refractivity contribution in [3.63, 3.8) is 0 Å². The van der Waals surface area contributed by atoms with Gasteiger partial charge in [-0.2, -0.15) is 0 Å². The second-order valence-corrected chi connectivity index (χ2v) is 7.83. The van der Waals surface area contributed by atoms with Gasteiger partial charge in [0.05, 0.1) is 0 Å². The number of hydrazine groups is 1. The Morgan fingerprint density at radius 2 is 1.71 bits per heavy atom. The van der Waals surface area contributed by atoms with Crippen LogP contribution in [0.1, 0.15) is 76.0 Å². The van der Waals surface area contributed by atoms with Gasteiger partial charge in [-0.3, -0.25) is 11.3 Å². The maximum atomic E-state index is 5.68. The van der Waals surface area contributed by atoms with Crippen molar-refractivity contribution in [3.8, 4) is 0 Å². The molecule has 21 heavy (non-hydrogen) atoms. The van der Waals surface area contributed by atoms with Crippen LogP contribution in [0.5, 0.6) is 0 Å². The van der Waals surface area contributed by atoms with E-state index in [9.17, 15) is 0 Å². The largest absolute Gasteiger partial charge is 0.271 e. The number of halogens is 1. The quantitative estimate of drug-likeness (QED) is 0.260. The lowest BCUT2D eigenvalue weighted by Crippen LogP contribution is -2.36. The van der Waals surface area contributed by atoms with E-state index in [1.165, 1.54) is 73.6 Å². The van der Waals surface area contributed by atoms with E-state index in [1.54, 1.807) is 0 Å². The molecule has 1 atom stereocenters. The second-order valence-electron chi connectivity index (χ2n) is 5.92. The number of thiophene rings is 1. The Balaban J connectivity index is 1.99. The summed E-state index contributed by atoms with van der Waals surface area (Å²) in [6.07, 6.45) is 14.7. The van der Waals surface area contributed by atoms with E-state index in [0.717, 1.165) is 6.42 Å². The Hall–Kier alpha value is 0.1000. The molecule has 0 aliphatic carbocycles. The minimum Gasteiger partial charge on any atom is -0.271 e. The van der Waals surface area contributed by atoms with E-state index in [-0.39, 0.29) is 0 Å². The van der Waals surface area contributed by atoms with Crippen LogP contribution in [0.15, 0.2) is 15.9 Å². The molecule has 0 fully saturated rings. The molecule has 2 nitrogen and oxygen atoms in total. The van der Waals surface area contributed by atoms with Crippen LogP contribution in [0.3, 0.4) is 0 Å². The molecule has 122 valence electrons. The second kappa shape index (κ2) is 12.6. The smallest absolute Gasteiger partial charge is 0.0285 e. The number of unbranched alkanes of at least 4 members (excludes halogenated alkanes) is 8. The third-order valence-electron chi connectivity index (χ3n) is 3.96. The van der Waals surface area contributed by atoms with Gasteiger partial charge in [-0.05, 0) is 34.8 Å². The van der Waals surface area contributed by atoms with Crippen molar-refractivity contribution in [1.82, 2.24) is 5.43 Å². The molecule has 1 aromatic heterocycles. The Kier molecular flexibility index (Phi) is 11.5. The predicted molar refractivity (Wildman–Crippen MR) is 98.7 cm³/mol. The lowest BCUT2D eigenvalue weighted by Gasteiger charge is -2.14. The van der Waals surface area contributed by atoms with Crippen molar-refractivity contribution in [2.75, 3.05) is 0 Å². The Morgan fingerprint density at radius 3 is 2.24 bits per heavy atom. The zero-order valence-electron chi connectivity index (χ0n) is 13.4. The van der Waals surface area contributed by atoms with Crippen molar-refractivity contribution in [1.29, 1.82) is 0 Å². The summed E-state index contributed by atoms with van der Waals surface area (Å²) in [4.78, 5) is 1.40. The highest BCUT2D eigenvalue weighted by atomic mass is 79.9. The molecule has 1 unspecified atom stereocenters. The van der Waals surface area contributed by atoms with E-state index < -0.39 is 0 Å². The average Bonchev–Trinajstić information content (AvgIpc) is 2.89. The molecule has 0 aromatic carbocycles. The van der Waals surface area contributed by atoms with Crippen molar-refractivity contribution < 1.29 is 0 Å². The predicted octanol–water partition coefficient (Wildman–Crippen LogP) is 5.81. The minimum absolute atomic E-state index is 0.417. The van der Waals surface area contributed by atoms with Crippen molar-refractivity contribution >= 4 is 27.3 Å². The number of rotatable bonds is 13. The highest BCUT2D eigenvalue weighted by Gasteiger charge is 2.09. The Morgan fingerprint density at radius 1 is 1.10 bits per heavy atom. The lowest BCUT2D eigenvalue weighted by atomic mass is 10.0. The Bertz CT molecular complexity index is 354. The third kappa shape index (κ3) is 9.67. The third-order valence-corrected chi connectivity index (χ3v) is 5.68. The van der Waals surface area contributed by atoms with Gasteiger partial charge in [0.25, 0.3) is 0 Å². The van der Waals surface area contributed by atoms with Crippen LogP contribution in [0.4, 0.5) is 0 Å². The van der Waals surface area contributed by atoms with Crippen molar-refractivity contribution in [3.05, 3.63) is 20.8 Å². The maximum Gasteiger partial charge on any atom is 0.0285 e. The van der Waals surface area contributed by atoms with Crippen LogP contribution < -0.4 is 11.3 Å². The van der Waals surface area contributed by atoms with Gasteiger partial charge < -0.3 is 0 Å². The molecular weight excluding hydrogens is 344 g/mol. The van der Waals surface area contributed by atoms with E-state index >= 15 is 0 Å². The van der Waals surface area contributed by atoms with Gasteiger partial charge in [-0.15, -0.1) is 11.3 Å². The van der Waals surface area contributed by atoms with E-state index in [4.69, 9.17) is 5.84 Å². The van der Waals surface area contributed by atoms with Gasteiger partial charge in [-0.1, -0.05) is 64.7 Å². The number of hydrogen-bond donors (Lipinski definition) is 2. The highest BCUT2D eigenvalue weighted by Crippen LogP contribution is 2.22. The summed E-state index contributed by atoms with van der Waals surface area (Å²) in [5.41, 5.74) is 2.98. The van der Waals surface area contributed by atoms with Gasteiger partial charge in [0, 0.05) is 20.8 Å². The standard InChI is InChI=1S/C17H31BrN2S/c1-2-3-4-5-6-7-8-9-10-11-16(20-19)13-17-12-15(18)14-21-17/h12,14,16,20H,2-11,13,19H2,1H3. The molecule has 0 bridgehead atoms. The monoisotopic (exact) mass is 374 g/mol. The summed E-state index contributed by atoms with van der Waals surface area (Å²) >= 11 is 5.31. The van der Waals surface area contributed by atoms with Gasteiger partial charge in [0.2, 0.25) is 0 Å². The summed E-state index contributed by atoms with van der Waals surface area (Å²) in [6, 6.07) is 2.62. The lowest BCUT2D eigenvalue weighted by molar-refractivity contribution is 0.460. The van der Waals surface area contributed by atoms with Gasteiger partial charge in [0.1, 0.15) is 0 Å². The first-order valence-corrected chi connectivity index (χ1v) is 10.1. The van der Waals surface area contributed by atoms with Crippen molar-refractivity contribution in [2.24, 2.45) is 5.84 Å². The SMILES string of the molecule is CCCCCCCCCCCC(Cc1cc(Br)cs1)NN. The fourth-order valence-corrected chi connectivity index (χ4v) is 4.18. The first-order valence-electron chi connectivity index (χ1n) is 8.45. The molecule has 0 aliphatic rings. The molecule has 4 heteroatoms. The van der Waals surface area contributed by atoms with Crippen LogP contribution in [0, 0.1) is 0 Å². The van der Waals surface area contributed by atoms with E-state index in [0.29, 0.717) is 6.04 Å². The topological polar surface area (TPSA) is 38.0 Å². The van der Waals surface area contributed by atoms with Crippen LogP contribution in [-0.4, -0.2) is 6.04 Å². The number of hydrogen-bond acceptors (Lipinski definition) is 3. The fraction of sp³-hybridized carbons (Fsp3) is 0.765. The summed E-state index contributed by atoms with van der Waals surface area (Å²) in [7, 11) is 0. The van der Waals surface area contributed by atoms with Gasteiger partial charge in [-0.25, -0.2) is 0 Å². The molecule has 1 heterocycles. The van der Waals surface area contributed by atoms with Crippen LogP contribution in [-0.2, 0) is 6.42 Å². The molecule has 0 saturated heterocycles. The molecule has 0 spiro atoms. The van der Waals surface area contributed by atoms with E-state index in [2.05, 4.69) is 39.7 Å². The average molecular weight is 375 g/mol. The molecule has 0 radical (unpaired) electrons. The molecule has 0 saturated carbocycles. The van der Waals surface area contributed by atoms with Crippen LogP contribution >= 0.6 is 27.3 Å². The van der Waals surface area contributed by atoms with E-state index in [1.807, 2.05) is 11.3 Å². The summed E-state index contributed by atoms with van der Waals surface area (Å²) in [5.74, 6) is 5.68. The maximum absolute atomic E-state index is 5.68. The highest BCUT2D eigenvalue weighted by molar-refractivity contribution is 9.10. The summed E-state index contributed by atoms with van der Waals surface area (Å²) in [6.45, 7) is 2.27. The summed E-state index contributed by atoms with van der Waals surface area (Å²) in [5, 5.41) is 2.14. The van der Waals surface area contributed by atoms with Gasteiger partial charge >= 0.3 is 0 Å². The fourth-order valence-electron chi connectivity index (χ4n) is 2.65. The molecule has 3 N–H and O–H groups in total. The first kappa shape index (κ1) is 19.1. The van der Waals surface area contributed by atoms with Crippen molar-refractivity contribution in [2.45, 2.75) is 83.6 Å². The Labute approximate surface area is 143 Å². The van der Waals surface area contributed by atoms with Crippen LogP contribution in [0.2, 0.25) is 0 Å². The molecule has 1 aromatic rings. The zero-order chi connectivity index (χ0) is 15.3. The zero-order valence-corrected chi connectivity index (χ0v) is 15.8. The van der Waals surface area contributed by atoms with Gasteiger partial charge in [0.15, 0.2) is 0 Å². The molecule has 1 rings (SSSR count). The number of nitrogens with one attached hydrogen (secondary N) is 1. The van der Waals surface area contributed by atoms with Crippen LogP contribution in [0.25, 0.3) is 0 Å². The molecule has 0 aliphatic heterocycles. The molecule has 0 amide bonds. The first-order chi connectivity index (χ1) is 10.3.